The topological polar surface area (TPSA) is 458 Å². The standard InChI is InChI=1S/C52H103NO32P4S4/c1-36-43(58)45(60)39(29-54)83-49(36)73-18-6-10-22-77-87(65,91)80-25-13-16-70-33-52(32-69-15-5-9-21-76-86(64,90)68-4,35-72-27-28-82-89(67,93)79-24-11-7-19-74-50-37(2)44(59)46(61)40(30-55)84-50)34-71-17-14-26-81-88(66,92)78-23-12-8-20-75-51-42(53-38(3)57)48(63)47(62)41(31-56)85-51/h36-37,39-51,54-56,58-63H,5-35H2,1-4H3,(H,53,57)(H,64,90)(H,65,91)(H,66,92)(H,67,93)/t36?,37?,39?,40?,41?,42?,43-,44-,45+,46+,47+,48-,49-,50-,51-,52?,86?,87?,88?,89?/m1/s1. The molecule has 0 aromatic rings. The zero-order valence-corrected chi connectivity index (χ0v) is 59.9. The van der Waals surface area contributed by atoms with Crippen molar-refractivity contribution in [1.82, 2.24) is 5.32 Å². The van der Waals surface area contributed by atoms with Crippen LogP contribution in [0, 0.1) is 17.3 Å². The van der Waals surface area contributed by atoms with Crippen LogP contribution in [-0.4, -0.2) is 297 Å². The minimum absolute atomic E-state index is 0.0122. The van der Waals surface area contributed by atoms with Crippen LogP contribution >= 0.6 is 26.9 Å². The highest BCUT2D eigenvalue weighted by Gasteiger charge is 2.46. The van der Waals surface area contributed by atoms with Gasteiger partial charge >= 0.3 is 26.9 Å². The number of rotatable bonds is 54. The van der Waals surface area contributed by atoms with E-state index in [2.05, 4.69) is 5.32 Å². The Morgan fingerprint density at radius 1 is 0.409 bits per heavy atom. The third-order valence-corrected chi connectivity index (χ3v) is 21.2. The van der Waals surface area contributed by atoms with Crippen LogP contribution in [0.15, 0.2) is 0 Å². The number of carbonyl (C=O) groups excluding carboxylic acids is 1. The zero-order valence-electron chi connectivity index (χ0n) is 53.1. The quantitative estimate of drug-likeness (QED) is 0.0275. The first-order valence-corrected chi connectivity index (χ1v) is 41.1. The van der Waals surface area contributed by atoms with Gasteiger partial charge in [0.05, 0.1) is 117 Å². The maximum absolute atomic E-state index is 11.7. The minimum atomic E-state index is -3.73. The van der Waals surface area contributed by atoms with Gasteiger partial charge in [0.1, 0.15) is 48.8 Å². The number of hydrogen-bond donors (Lipinski definition) is 14. The lowest BCUT2D eigenvalue weighted by Gasteiger charge is -2.42. The Morgan fingerprint density at radius 2 is 0.699 bits per heavy atom. The van der Waals surface area contributed by atoms with Crippen molar-refractivity contribution in [2.75, 3.05) is 146 Å². The number of hydrogen-bond acceptors (Lipinski definition) is 32. The molecule has 11 unspecified atom stereocenters. The van der Waals surface area contributed by atoms with Gasteiger partial charge in [-0.2, -0.15) is 0 Å². The Bertz CT molecular complexity index is 2220. The summed E-state index contributed by atoms with van der Waals surface area (Å²) >= 11 is 20.6. The Kier molecular flexibility index (Phi) is 44.7. The van der Waals surface area contributed by atoms with Gasteiger partial charge in [0, 0.05) is 65.5 Å². The predicted octanol–water partition coefficient (Wildman–Crippen LogP) is -0.286. The monoisotopic (exact) mass is 1510 g/mol. The first kappa shape index (κ1) is 88.0. The fourth-order valence-electron chi connectivity index (χ4n) is 9.13. The molecule has 552 valence electrons. The Labute approximate surface area is 564 Å². The molecular formula is C52H103NO32P4S4. The predicted molar refractivity (Wildman–Crippen MR) is 344 cm³/mol. The molecule has 41 heteroatoms. The normalized spacial score (nSPS) is 30.2. The second-order valence-electron chi connectivity index (χ2n) is 22.3. The molecule has 0 aliphatic carbocycles. The summed E-state index contributed by atoms with van der Waals surface area (Å²) in [4.78, 5) is 54.0. The average molecular weight is 1510 g/mol. The summed E-state index contributed by atoms with van der Waals surface area (Å²) in [6, 6.07) is -1.10. The van der Waals surface area contributed by atoms with Crippen LogP contribution in [0.3, 0.4) is 0 Å². The summed E-state index contributed by atoms with van der Waals surface area (Å²) in [6.07, 6.45) is -9.83. The molecule has 0 bridgehead atoms. The van der Waals surface area contributed by atoms with E-state index in [1.54, 1.807) is 13.8 Å². The van der Waals surface area contributed by atoms with Crippen molar-refractivity contribution in [3.63, 3.8) is 0 Å². The maximum atomic E-state index is 11.7. The number of nitrogens with one attached hydrogen (secondary N) is 1. The molecule has 0 saturated carbocycles. The summed E-state index contributed by atoms with van der Waals surface area (Å²) in [5, 5.41) is 92.6. The third-order valence-electron chi connectivity index (χ3n) is 14.5. The van der Waals surface area contributed by atoms with E-state index in [1.165, 1.54) is 14.0 Å². The summed E-state index contributed by atoms with van der Waals surface area (Å²) in [5.41, 5.74) is -1.02. The molecule has 3 heterocycles. The lowest BCUT2D eigenvalue weighted by molar-refractivity contribution is -0.282. The van der Waals surface area contributed by atoms with E-state index in [0.29, 0.717) is 51.4 Å². The SMILES string of the molecule is COP(O)(=S)OCCCCOCC(COCCCOP(O)(=S)OCCCCO[C@@H]1OC(CO)[C@H](O)[C@H](O)C1C)(COCCCOP(O)(=S)OCCCCO[C@@H]1OC(CO)[C@H](O)[C@H](O)C1NC(C)=O)COCCOP(O)(=S)OCCCCO[C@@H]1OC(CO)[C@H](O)[C@H](O)C1C. The summed E-state index contributed by atoms with van der Waals surface area (Å²) in [5.74, 6) is -1.61. The van der Waals surface area contributed by atoms with Crippen molar-refractivity contribution in [2.45, 2.75) is 165 Å². The first-order valence-electron chi connectivity index (χ1n) is 30.8. The van der Waals surface area contributed by atoms with Gasteiger partial charge in [-0.15, -0.1) is 0 Å². The molecule has 93 heavy (non-hydrogen) atoms. The Hall–Kier alpha value is 0.830. The molecule has 0 aromatic heterocycles. The molecule has 14 N–H and O–H groups in total. The van der Waals surface area contributed by atoms with Gasteiger partial charge in [0.25, 0.3) is 0 Å². The van der Waals surface area contributed by atoms with Gasteiger partial charge in [-0.05, 0) is 111 Å². The second kappa shape index (κ2) is 47.2. The average Bonchev–Trinajstić information content (AvgIpc) is 1.15. The molecule has 3 saturated heterocycles. The van der Waals surface area contributed by atoms with Gasteiger partial charge in [-0.25, -0.2) is 0 Å². The van der Waals surface area contributed by atoms with Crippen LogP contribution < -0.4 is 5.32 Å². The van der Waals surface area contributed by atoms with Crippen LogP contribution in [0.4, 0.5) is 0 Å². The van der Waals surface area contributed by atoms with E-state index in [9.17, 15) is 70.3 Å². The molecule has 0 aromatic carbocycles. The van der Waals surface area contributed by atoms with Crippen LogP contribution in [0.1, 0.15) is 85.0 Å². The number of ether oxygens (including phenoxy) is 10. The van der Waals surface area contributed by atoms with Crippen molar-refractivity contribution in [3.05, 3.63) is 0 Å². The highest BCUT2D eigenvalue weighted by molar-refractivity contribution is 8.08. The lowest BCUT2D eigenvalue weighted by Crippen LogP contribution is -2.64. The van der Waals surface area contributed by atoms with Crippen LogP contribution in [-0.2, 0) is 136 Å². The van der Waals surface area contributed by atoms with E-state index < -0.39 is 150 Å². The van der Waals surface area contributed by atoms with Crippen molar-refractivity contribution < 1.29 is 154 Å². The van der Waals surface area contributed by atoms with Gasteiger partial charge in [0.2, 0.25) is 5.91 Å². The van der Waals surface area contributed by atoms with E-state index in [4.69, 9.17) is 131 Å². The highest BCUT2D eigenvalue weighted by Crippen LogP contribution is 2.46. The molecule has 33 nitrogen and oxygen atoms in total. The third kappa shape index (κ3) is 35.0. The van der Waals surface area contributed by atoms with Crippen molar-refractivity contribution in [2.24, 2.45) is 17.3 Å². The van der Waals surface area contributed by atoms with Crippen LogP contribution in [0.5, 0.6) is 0 Å². The van der Waals surface area contributed by atoms with Crippen LogP contribution in [0.25, 0.3) is 0 Å². The number of carbonyl (C=O) groups is 1. The summed E-state index contributed by atoms with van der Waals surface area (Å²) < 4.78 is 102. The fourth-order valence-corrected chi connectivity index (χ4v) is 13.5. The van der Waals surface area contributed by atoms with E-state index in [0.717, 1.165) is 0 Å². The first-order chi connectivity index (χ1) is 44.1. The van der Waals surface area contributed by atoms with E-state index >= 15 is 0 Å². The lowest BCUT2D eigenvalue weighted by atomic mass is 9.92. The van der Waals surface area contributed by atoms with Crippen molar-refractivity contribution >= 4 is 80.0 Å². The van der Waals surface area contributed by atoms with Crippen LogP contribution in [0.2, 0.25) is 0 Å². The molecule has 20 atom stereocenters. The maximum Gasteiger partial charge on any atom is 0.324 e. The largest absolute Gasteiger partial charge is 0.394 e. The van der Waals surface area contributed by atoms with Crippen molar-refractivity contribution in [3.8, 4) is 0 Å². The summed E-state index contributed by atoms with van der Waals surface area (Å²) in [7, 11) is 1.25. The van der Waals surface area contributed by atoms with E-state index in [1.807, 2.05) is 0 Å². The van der Waals surface area contributed by atoms with Gasteiger partial charge in [0.15, 0.2) is 18.9 Å². The molecule has 0 radical (unpaired) electrons. The Morgan fingerprint density at radius 3 is 1.06 bits per heavy atom. The molecular weight excluding hydrogens is 1400 g/mol. The summed E-state index contributed by atoms with van der Waals surface area (Å²) in [6.45, 7) is -10.9. The number of aliphatic hydroxyl groups excluding tert-OH is 9. The molecule has 0 spiro atoms. The van der Waals surface area contributed by atoms with Gasteiger partial charge in [-0.3, -0.25) is 4.79 Å². The number of aliphatic hydroxyl groups is 9. The molecule has 1 amide bonds. The molecule has 3 aliphatic rings. The highest BCUT2D eigenvalue weighted by atomic mass is 32.5. The number of unbranched alkanes of at least 4 members (excludes halogenated alkanes) is 4. The fraction of sp³-hybridized carbons (Fsp3) is 0.981. The van der Waals surface area contributed by atoms with Crippen molar-refractivity contribution in [1.29, 1.82) is 0 Å². The Balaban J connectivity index is 1.56. The van der Waals surface area contributed by atoms with Gasteiger partial charge < -0.3 is 154 Å². The molecule has 3 aliphatic heterocycles. The molecule has 3 rings (SSSR count). The van der Waals surface area contributed by atoms with E-state index in [-0.39, 0.29) is 132 Å². The molecule has 3 fully saturated rings. The number of amides is 1. The minimum Gasteiger partial charge on any atom is -0.394 e. The van der Waals surface area contributed by atoms with Gasteiger partial charge in [-0.1, -0.05) is 13.8 Å². The second-order valence-corrected chi connectivity index (χ2v) is 33.8. The smallest absolute Gasteiger partial charge is 0.324 e. The zero-order chi connectivity index (χ0) is 69.1.